The first-order chi connectivity index (χ1) is 12.6. The van der Waals surface area contributed by atoms with E-state index in [-0.39, 0.29) is 17.6 Å². The van der Waals surface area contributed by atoms with Crippen LogP contribution in [-0.2, 0) is 9.59 Å². The molecular formula is C21H26N2O2S. The van der Waals surface area contributed by atoms with E-state index in [0.29, 0.717) is 12.3 Å². The molecule has 0 unspecified atom stereocenters. The third-order valence-corrected chi connectivity index (χ3v) is 4.82. The first-order valence-corrected chi connectivity index (χ1v) is 10.1. The van der Waals surface area contributed by atoms with Gasteiger partial charge < -0.3 is 10.2 Å². The number of carbonyl (C=O) groups excluding carboxylic acids is 2. The van der Waals surface area contributed by atoms with Crippen molar-refractivity contribution in [2.24, 2.45) is 0 Å². The number of nitrogens with zero attached hydrogens (tertiary/aromatic N) is 1. The number of anilines is 2. The number of aryl methyl sites for hydroxylation is 1. The number of para-hydroxylation sites is 1. The van der Waals surface area contributed by atoms with Crippen LogP contribution in [0.3, 0.4) is 0 Å². The largest absolute Gasteiger partial charge is 0.325 e. The van der Waals surface area contributed by atoms with Crippen LogP contribution < -0.4 is 10.2 Å². The van der Waals surface area contributed by atoms with Gasteiger partial charge in [0.05, 0.1) is 11.5 Å². The maximum absolute atomic E-state index is 12.6. The summed E-state index contributed by atoms with van der Waals surface area (Å²) in [5, 5.41) is 2.85. The number of hydrogen-bond acceptors (Lipinski definition) is 3. The zero-order valence-electron chi connectivity index (χ0n) is 15.4. The highest BCUT2D eigenvalue weighted by Gasteiger charge is 2.15. The molecule has 0 bridgehead atoms. The van der Waals surface area contributed by atoms with E-state index in [0.717, 1.165) is 29.8 Å². The number of amides is 2. The molecule has 0 heterocycles. The maximum Gasteiger partial charge on any atom is 0.236 e. The zero-order chi connectivity index (χ0) is 18.8. The molecule has 0 saturated carbocycles. The summed E-state index contributed by atoms with van der Waals surface area (Å²) >= 11 is 1.35. The Morgan fingerprint density at radius 2 is 1.69 bits per heavy atom. The predicted molar refractivity (Wildman–Crippen MR) is 111 cm³/mol. The molecule has 0 fully saturated rings. The number of carbonyl (C=O) groups is 2. The number of thioether (sulfide) groups is 1. The monoisotopic (exact) mass is 370 g/mol. The van der Waals surface area contributed by atoms with E-state index in [1.165, 1.54) is 11.8 Å². The van der Waals surface area contributed by atoms with Crippen LogP contribution in [0.5, 0.6) is 0 Å². The summed E-state index contributed by atoms with van der Waals surface area (Å²) in [6.45, 7) is 4.82. The molecule has 26 heavy (non-hydrogen) atoms. The van der Waals surface area contributed by atoms with Gasteiger partial charge in [0.15, 0.2) is 0 Å². The summed E-state index contributed by atoms with van der Waals surface area (Å²) < 4.78 is 0. The van der Waals surface area contributed by atoms with Gasteiger partial charge >= 0.3 is 0 Å². The quantitative estimate of drug-likeness (QED) is 0.707. The van der Waals surface area contributed by atoms with Crippen LogP contribution in [0.15, 0.2) is 54.6 Å². The van der Waals surface area contributed by atoms with Gasteiger partial charge in [0.2, 0.25) is 11.8 Å². The second-order valence-electron chi connectivity index (χ2n) is 6.14. The summed E-state index contributed by atoms with van der Waals surface area (Å²) in [4.78, 5) is 26.4. The molecule has 138 valence electrons. The van der Waals surface area contributed by atoms with Crippen molar-refractivity contribution in [2.45, 2.75) is 26.7 Å². The molecule has 0 aliphatic rings. The molecule has 0 saturated heterocycles. The lowest BCUT2D eigenvalue weighted by molar-refractivity contribution is -0.116. The van der Waals surface area contributed by atoms with Gasteiger partial charge in [-0.2, -0.15) is 0 Å². The Bertz CT molecular complexity index is 702. The average molecular weight is 371 g/mol. The Morgan fingerprint density at radius 1 is 1.00 bits per heavy atom. The molecule has 5 heteroatoms. The van der Waals surface area contributed by atoms with Crippen molar-refractivity contribution in [3.8, 4) is 0 Å². The minimum absolute atomic E-state index is 0.0396. The van der Waals surface area contributed by atoms with Crippen LogP contribution in [0.4, 0.5) is 11.4 Å². The van der Waals surface area contributed by atoms with Crippen LogP contribution in [0.25, 0.3) is 0 Å². The van der Waals surface area contributed by atoms with Crippen molar-refractivity contribution in [1.29, 1.82) is 0 Å². The van der Waals surface area contributed by atoms with Gasteiger partial charge in [0, 0.05) is 17.9 Å². The lowest BCUT2D eigenvalue weighted by Gasteiger charge is -2.22. The van der Waals surface area contributed by atoms with Gasteiger partial charge in [-0.05, 0) is 37.6 Å². The highest BCUT2D eigenvalue weighted by Crippen LogP contribution is 2.16. The highest BCUT2D eigenvalue weighted by molar-refractivity contribution is 8.00. The highest BCUT2D eigenvalue weighted by atomic mass is 32.2. The molecule has 4 nitrogen and oxygen atoms in total. The van der Waals surface area contributed by atoms with E-state index >= 15 is 0 Å². The number of benzene rings is 2. The molecular weight excluding hydrogens is 344 g/mol. The van der Waals surface area contributed by atoms with Crippen molar-refractivity contribution in [3.63, 3.8) is 0 Å². The molecule has 0 atom stereocenters. The van der Waals surface area contributed by atoms with Crippen LogP contribution >= 0.6 is 11.8 Å². The van der Waals surface area contributed by atoms with Crippen molar-refractivity contribution >= 4 is 35.0 Å². The summed E-state index contributed by atoms with van der Waals surface area (Å²) in [6.07, 6.45) is 1.99. The Labute approximate surface area is 160 Å². The van der Waals surface area contributed by atoms with Gasteiger partial charge in [0.1, 0.15) is 0 Å². The summed E-state index contributed by atoms with van der Waals surface area (Å²) in [5.41, 5.74) is 2.84. The second kappa shape index (κ2) is 10.7. The van der Waals surface area contributed by atoms with Crippen molar-refractivity contribution in [3.05, 3.63) is 60.2 Å². The lowest BCUT2D eigenvalue weighted by atomic mass is 10.2. The zero-order valence-corrected chi connectivity index (χ0v) is 16.2. The maximum atomic E-state index is 12.6. The molecule has 0 radical (unpaired) electrons. The standard InChI is InChI=1S/C21H26N2O2S/c1-3-4-14-23(19-8-6-5-7-9-19)21(25)16-26-15-20(24)22-18-12-10-17(2)11-13-18/h5-13H,3-4,14-16H2,1-2H3,(H,22,24). The van der Waals surface area contributed by atoms with Crippen LogP contribution in [0, 0.1) is 6.92 Å². The first-order valence-electron chi connectivity index (χ1n) is 8.90. The van der Waals surface area contributed by atoms with Crippen molar-refractivity contribution < 1.29 is 9.59 Å². The van der Waals surface area contributed by atoms with E-state index in [4.69, 9.17) is 0 Å². The van der Waals surface area contributed by atoms with E-state index in [1.807, 2.05) is 66.4 Å². The van der Waals surface area contributed by atoms with E-state index in [9.17, 15) is 9.59 Å². The predicted octanol–water partition coefficient (Wildman–Crippen LogP) is 4.50. The van der Waals surface area contributed by atoms with Gasteiger partial charge in [0.25, 0.3) is 0 Å². The second-order valence-corrected chi connectivity index (χ2v) is 7.13. The van der Waals surface area contributed by atoms with Crippen LogP contribution in [-0.4, -0.2) is 29.9 Å². The molecule has 0 aromatic heterocycles. The van der Waals surface area contributed by atoms with E-state index in [2.05, 4.69) is 12.2 Å². The van der Waals surface area contributed by atoms with Crippen LogP contribution in [0.1, 0.15) is 25.3 Å². The van der Waals surface area contributed by atoms with Crippen molar-refractivity contribution in [2.75, 3.05) is 28.3 Å². The summed E-state index contributed by atoms with van der Waals surface area (Å²) in [7, 11) is 0. The average Bonchev–Trinajstić information content (AvgIpc) is 2.65. The smallest absolute Gasteiger partial charge is 0.236 e. The van der Waals surface area contributed by atoms with Crippen molar-refractivity contribution in [1.82, 2.24) is 0 Å². The molecule has 2 aromatic rings. The van der Waals surface area contributed by atoms with Gasteiger partial charge in [-0.25, -0.2) is 0 Å². The number of hydrogen-bond donors (Lipinski definition) is 1. The number of nitrogens with one attached hydrogen (secondary N) is 1. The Morgan fingerprint density at radius 3 is 2.35 bits per heavy atom. The van der Waals surface area contributed by atoms with Gasteiger partial charge in [-0.15, -0.1) is 11.8 Å². The third-order valence-electron chi connectivity index (χ3n) is 3.90. The van der Waals surface area contributed by atoms with E-state index in [1.54, 1.807) is 0 Å². The Balaban J connectivity index is 1.83. The molecule has 0 aliphatic carbocycles. The normalized spacial score (nSPS) is 10.4. The fraction of sp³-hybridized carbons (Fsp3) is 0.333. The third kappa shape index (κ3) is 6.56. The molecule has 1 N–H and O–H groups in total. The minimum atomic E-state index is -0.0912. The summed E-state index contributed by atoms with van der Waals surface area (Å²) in [6, 6.07) is 17.4. The van der Waals surface area contributed by atoms with Crippen LogP contribution in [0.2, 0.25) is 0 Å². The molecule has 0 spiro atoms. The minimum Gasteiger partial charge on any atom is -0.325 e. The number of rotatable bonds is 9. The van der Waals surface area contributed by atoms with Gasteiger partial charge in [-0.1, -0.05) is 49.2 Å². The topological polar surface area (TPSA) is 49.4 Å². The molecule has 2 rings (SSSR count). The fourth-order valence-electron chi connectivity index (χ4n) is 2.46. The fourth-order valence-corrected chi connectivity index (χ4v) is 3.15. The number of unbranched alkanes of at least 4 members (excludes halogenated alkanes) is 1. The summed E-state index contributed by atoms with van der Waals surface area (Å²) in [5.74, 6) is 0.500. The lowest BCUT2D eigenvalue weighted by Crippen LogP contribution is -2.33. The SMILES string of the molecule is CCCCN(C(=O)CSCC(=O)Nc1ccc(C)cc1)c1ccccc1. The van der Waals surface area contributed by atoms with Gasteiger partial charge in [-0.3, -0.25) is 9.59 Å². The first kappa shape index (κ1) is 20.0. The Kier molecular flexibility index (Phi) is 8.22. The Hall–Kier alpha value is -2.27. The molecule has 0 aliphatic heterocycles. The molecule has 2 amide bonds. The molecule has 2 aromatic carbocycles. The van der Waals surface area contributed by atoms with E-state index < -0.39 is 0 Å².